The van der Waals surface area contributed by atoms with E-state index >= 15 is 0 Å². The summed E-state index contributed by atoms with van der Waals surface area (Å²) in [6.45, 7) is 0.309. The van der Waals surface area contributed by atoms with Gasteiger partial charge in [-0.15, -0.1) is 0 Å². The average molecular weight is 479 g/mol. The molecule has 0 fully saturated rings. The third-order valence-electron chi connectivity index (χ3n) is 3.66. The van der Waals surface area contributed by atoms with Gasteiger partial charge < -0.3 is 4.74 Å². The minimum atomic E-state index is -0.330. The Morgan fingerprint density at radius 3 is 2.79 bits per heavy atom. The summed E-state index contributed by atoms with van der Waals surface area (Å²) in [6.07, 6.45) is 4.61. The highest BCUT2D eigenvalue weighted by atomic mass is 79.9. The standard InChI is InChI=1S/C20H14BrCl2N3O2/c21-17-8-13(10-25-26-20(27)14-2-1-7-24-11-14)3-6-19(17)28-12-15-4-5-16(22)9-18(15)23/h1-11H,12H2,(H,26,27)/b25-10-. The maximum Gasteiger partial charge on any atom is 0.272 e. The van der Waals surface area contributed by atoms with E-state index in [1.165, 1.54) is 6.20 Å². The number of hydrazone groups is 1. The molecule has 0 saturated heterocycles. The molecular formula is C20H14BrCl2N3O2. The first-order chi connectivity index (χ1) is 13.5. The zero-order valence-corrected chi connectivity index (χ0v) is 17.5. The zero-order chi connectivity index (χ0) is 19.9. The molecule has 2 aromatic carbocycles. The van der Waals surface area contributed by atoms with E-state index in [1.54, 1.807) is 42.7 Å². The molecule has 0 aliphatic carbocycles. The Kier molecular flexibility index (Phi) is 7.03. The second kappa shape index (κ2) is 9.68. The van der Waals surface area contributed by atoms with Crippen LogP contribution in [0.25, 0.3) is 0 Å². The maximum atomic E-state index is 11.9. The molecule has 0 saturated carbocycles. The number of carbonyl (C=O) groups excluding carboxylic acids is 1. The number of aromatic nitrogens is 1. The van der Waals surface area contributed by atoms with E-state index in [0.29, 0.717) is 28.0 Å². The topological polar surface area (TPSA) is 63.6 Å². The lowest BCUT2D eigenvalue weighted by molar-refractivity contribution is 0.0955. The Bertz CT molecular complexity index is 1010. The second-order valence-corrected chi connectivity index (χ2v) is 7.35. The predicted octanol–water partition coefficient (Wildman–Crippen LogP) is 5.49. The number of hydrogen-bond donors (Lipinski definition) is 1. The Labute approximate surface area is 180 Å². The monoisotopic (exact) mass is 477 g/mol. The molecule has 8 heteroatoms. The van der Waals surface area contributed by atoms with Crippen molar-refractivity contribution >= 4 is 51.3 Å². The van der Waals surface area contributed by atoms with E-state index in [4.69, 9.17) is 27.9 Å². The molecular weight excluding hydrogens is 465 g/mol. The molecule has 0 atom stereocenters. The summed E-state index contributed by atoms with van der Waals surface area (Å²) in [5, 5.41) is 5.09. The molecule has 0 aliphatic heterocycles. The van der Waals surface area contributed by atoms with E-state index < -0.39 is 0 Å². The number of nitrogens with one attached hydrogen (secondary N) is 1. The van der Waals surface area contributed by atoms with Crippen molar-refractivity contribution in [2.75, 3.05) is 0 Å². The number of rotatable bonds is 6. The van der Waals surface area contributed by atoms with Crippen molar-refractivity contribution in [3.8, 4) is 5.75 Å². The highest BCUT2D eigenvalue weighted by molar-refractivity contribution is 9.10. The van der Waals surface area contributed by atoms with Gasteiger partial charge in [0.1, 0.15) is 12.4 Å². The van der Waals surface area contributed by atoms with Crippen LogP contribution in [-0.2, 0) is 6.61 Å². The van der Waals surface area contributed by atoms with Gasteiger partial charge in [0.15, 0.2) is 0 Å². The Hall–Kier alpha value is -2.41. The van der Waals surface area contributed by atoms with Crippen LogP contribution in [-0.4, -0.2) is 17.1 Å². The molecule has 28 heavy (non-hydrogen) atoms. The number of ether oxygens (including phenoxy) is 1. The van der Waals surface area contributed by atoms with Gasteiger partial charge in [-0.05, 0) is 64.0 Å². The van der Waals surface area contributed by atoms with Gasteiger partial charge in [-0.1, -0.05) is 29.3 Å². The van der Waals surface area contributed by atoms with E-state index in [1.807, 2.05) is 18.2 Å². The van der Waals surface area contributed by atoms with Crippen LogP contribution in [0.5, 0.6) is 5.75 Å². The maximum absolute atomic E-state index is 11.9. The number of halogens is 3. The van der Waals surface area contributed by atoms with E-state index in [9.17, 15) is 4.79 Å². The van der Waals surface area contributed by atoms with Crippen LogP contribution in [0, 0.1) is 0 Å². The smallest absolute Gasteiger partial charge is 0.272 e. The van der Waals surface area contributed by atoms with Crippen LogP contribution in [0.4, 0.5) is 0 Å². The van der Waals surface area contributed by atoms with E-state index in [-0.39, 0.29) is 5.91 Å². The van der Waals surface area contributed by atoms with Crippen molar-refractivity contribution in [1.82, 2.24) is 10.4 Å². The number of hydrogen-bond acceptors (Lipinski definition) is 4. The van der Waals surface area contributed by atoms with Gasteiger partial charge in [0.05, 0.1) is 16.3 Å². The molecule has 3 rings (SSSR count). The van der Waals surface area contributed by atoms with Crippen molar-refractivity contribution in [2.45, 2.75) is 6.61 Å². The van der Waals surface area contributed by atoms with Gasteiger partial charge in [-0.2, -0.15) is 5.10 Å². The fourth-order valence-corrected chi connectivity index (χ4v) is 3.21. The minimum Gasteiger partial charge on any atom is -0.488 e. The summed E-state index contributed by atoms with van der Waals surface area (Å²) in [5.74, 6) is 0.325. The molecule has 5 nitrogen and oxygen atoms in total. The van der Waals surface area contributed by atoms with E-state index in [0.717, 1.165) is 15.6 Å². The van der Waals surface area contributed by atoms with Crippen LogP contribution in [0.2, 0.25) is 10.0 Å². The van der Waals surface area contributed by atoms with E-state index in [2.05, 4.69) is 31.4 Å². The fourth-order valence-electron chi connectivity index (χ4n) is 2.24. The van der Waals surface area contributed by atoms with Gasteiger partial charge in [-0.25, -0.2) is 5.43 Å². The number of pyridine rings is 1. The number of benzene rings is 2. The van der Waals surface area contributed by atoms with Crippen molar-refractivity contribution in [1.29, 1.82) is 0 Å². The van der Waals surface area contributed by atoms with Crippen molar-refractivity contribution < 1.29 is 9.53 Å². The number of nitrogens with zero attached hydrogens (tertiary/aromatic N) is 2. The zero-order valence-electron chi connectivity index (χ0n) is 14.4. The Balaban J connectivity index is 1.59. The first kappa shape index (κ1) is 20.3. The third-order valence-corrected chi connectivity index (χ3v) is 4.86. The molecule has 0 unspecified atom stereocenters. The van der Waals surface area contributed by atoms with Gasteiger partial charge in [0, 0.05) is 28.0 Å². The summed E-state index contributed by atoms with van der Waals surface area (Å²) in [6, 6.07) is 14.1. The molecule has 0 aliphatic rings. The molecule has 0 radical (unpaired) electrons. The molecule has 1 aromatic heterocycles. The van der Waals surface area contributed by atoms with Crippen LogP contribution in [0.15, 0.2) is 70.5 Å². The van der Waals surface area contributed by atoms with Gasteiger partial charge in [0.25, 0.3) is 5.91 Å². The lowest BCUT2D eigenvalue weighted by Crippen LogP contribution is -2.17. The lowest BCUT2D eigenvalue weighted by atomic mass is 10.2. The third kappa shape index (κ3) is 5.55. The molecule has 0 bridgehead atoms. The van der Waals surface area contributed by atoms with Crippen molar-refractivity contribution in [3.05, 3.63) is 92.1 Å². The lowest BCUT2D eigenvalue weighted by Gasteiger charge is -2.10. The highest BCUT2D eigenvalue weighted by Gasteiger charge is 2.06. The summed E-state index contributed by atoms with van der Waals surface area (Å²) in [5.41, 5.74) is 4.52. The quantitative estimate of drug-likeness (QED) is 0.376. The Morgan fingerprint density at radius 2 is 2.07 bits per heavy atom. The van der Waals surface area contributed by atoms with Crippen LogP contribution in [0.3, 0.4) is 0 Å². The van der Waals surface area contributed by atoms with Crippen molar-refractivity contribution in [3.63, 3.8) is 0 Å². The molecule has 1 N–H and O–H groups in total. The number of amides is 1. The van der Waals surface area contributed by atoms with Gasteiger partial charge in [-0.3, -0.25) is 9.78 Å². The minimum absolute atomic E-state index is 0.309. The second-order valence-electron chi connectivity index (χ2n) is 5.66. The van der Waals surface area contributed by atoms with Gasteiger partial charge in [0.2, 0.25) is 0 Å². The van der Waals surface area contributed by atoms with Gasteiger partial charge >= 0.3 is 0 Å². The Morgan fingerprint density at radius 1 is 1.21 bits per heavy atom. The van der Waals surface area contributed by atoms with Crippen LogP contribution in [0.1, 0.15) is 21.5 Å². The van der Waals surface area contributed by atoms with Crippen molar-refractivity contribution in [2.24, 2.45) is 5.10 Å². The number of carbonyl (C=O) groups is 1. The summed E-state index contributed by atoms with van der Waals surface area (Å²) in [7, 11) is 0. The molecule has 1 heterocycles. The molecule has 142 valence electrons. The highest BCUT2D eigenvalue weighted by Crippen LogP contribution is 2.28. The molecule has 1 amide bonds. The first-order valence-corrected chi connectivity index (χ1v) is 9.67. The summed E-state index contributed by atoms with van der Waals surface area (Å²) >= 11 is 15.5. The SMILES string of the molecule is O=C(N/N=C\c1ccc(OCc2ccc(Cl)cc2Cl)c(Br)c1)c1cccnc1. The summed E-state index contributed by atoms with van der Waals surface area (Å²) in [4.78, 5) is 15.8. The summed E-state index contributed by atoms with van der Waals surface area (Å²) < 4.78 is 6.55. The fraction of sp³-hybridized carbons (Fsp3) is 0.0500. The predicted molar refractivity (Wildman–Crippen MR) is 114 cm³/mol. The molecule has 0 spiro atoms. The van der Waals surface area contributed by atoms with Crippen LogP contribution < -0.4 is 10.2 Å². The van der Waals surface area contributed by atoms with Crippen LogP contribution >= 0.6 is 39.1 Å². The normalized spacial score (nSPS) is 10.8. The molecule has 3 aromatic rings. The largest absolute Gasteiger partial charge is 0.488 e. The average Bonchev–Trinajstić information content (AvgIpc) is 2.69. The first-order valence-electron chi connectivity index (χ1n) is 8.12.